The Hall–Kier alpha value is -3.02. The average molecular weight is 350 g/mol. The highest BCUT2D eigenvalue weighted by Crippen LogP contribution is 2.36. The van der Waals surface area contributed by atoms with Crippen LogP contribution in [0.25, 0.3) is 22.4 Å². The highest BCUT2D eigenvalue weighted by atomic mass is 19.1. The first-order valence-electron chi connectivity index (χ1n) is 8.61. The Morgan fingerprint density at radius 2 is 1.92 bits per heavy atom. The first kappa shape index (κ1) is 16.4. The summed E-state index contributed by atoms with van der Waals surface area (Å²) < 4.78 is 15.0. The molecule has 0 fully saturated rings. The van der Waals surface area contributed by atoms with Gasteiger partial charge in [0, 0.05) is 49.1 Å². The van der Waals surface area contributed by atoms with Crippen molar-refractivity contribution in [3.63, 3.8) is 0 Å². The molecule has 0 saturated heterocycles. The number of rotatable bonds is 3. The van der Waals surface area contributed by atoms with Gasteiger partial charge in [-0.1, -0.05) is 6.92 Å². The van der Waals surface area contributed by atoms with E-state index in [-0.39, 0.29) is 11.7 Å². The van der Waals surface area contributed by atoms with Crippen LogP contribution in [0, 0.1) is 5.82 Å². The minimum absolute atomic E-state index is 0.124. The van der Waals surface area contributed by atoms with Gasteiger partial charge in [0.15, 0.2) is 0 Å². The van der Waals surface area contributed by atoms with E-state index in [4.69, 9.17) is 0 Å². The van der Waals surface area contributed by atoms with E-state index in [9.17, 15) is 9.18 Å². The van der Waals surface area contributed by atoms with E-state index in [1.54, 1.807) is 23.0 Å². The number of aryl methyl sites for hydroxylation is 1. The van der Waals surface area contributed by atoms with Crippen molar-refractivity contribution in [2.45, 2.75) is 26.4 Å². The van der Waals surface area contributed by atoms with Crippen LogP contribution in [0.2, 0.25) is 0 Å². The molecule has 0 radical (unpaired) electrons. The maximum atomic E-state index is 13.3. The predicted octanol–water partition coefficient (Wildman–Crippen LogP) is 3.54. The molecule has 4 rings (SSSR count). The fourth-order valence-corrected chi connectivity index (χ4v) is 3.43. The zero-order chi connectivity index (χ0) is 18.3. The molecule has 5 nitrogen and oxygen atoms in total. The lowest BCUT2D eigenvalue weighted by molar-refractivity contribution is -0.131. The maximum Gasteiger partial charge on any atom is 0.222 e. The molecule has 0 bridgehead atoms. The highest BCUT2D eigenvalue weighted by molar-refractivity contribution is 5.83. The molecule has 3 aromatic rings. The number of amides is 1. The summed E-state index contributed by atoms with van der Waals surface area (Å²) in [4.78, 5) is 18.4. The van der Waals surface area contributed by atoms with Gasteiger partial charge in [-0.3, -0.25) is 14.5 Å². The number of benzene rings is 1. The molecule has 0 saturated carbocycles. The summed E-state index contributed by atoms with van der Waals surface area (Å²) in [7, 11) is 1.87. The summed E-state index contributed by atoms with van der Waals surface area (Å²) in [5.74, 6) is -0.149. The lowest BCUT2D eigenvalue weighted by atomic mass is 9.98. The number of fused-ring (bicyclic) bond motifs is 1. The van der Waals surface area contributed by atoms with Crippen LogP contribution < -0.4 is 0 Å². The lowest BCUT2D eigenvalue weighted by Crippen LogP contribution is -2.24. The number of nitrogens with zero attached hydrogens (tertiary/aromatic N) is 4. The molecule has 0 atom stereocenters. The van der Waals surface area contributed by atoms with Crippen molar-refractivity contribution < 1.29 is 9.18 Å². The van der Waals surface area contributed by atoms with Gasteiger partial charge in [0.2, 0.25) is 5.91 Å². The summed E-state index contributed by atoms with van der Waals surface area (Å²) in [6, 6.07) is 8.30. The van der Waals surface area contributed by atoms with E-state index < -0.39 is 0 Å². The summed E-state index contributed by atoms with van der Waals surface area (Å²) in [6.07, 6.45) is 4.21. The fraction of sp³-hybridized carbons (Fsp3) is 0.250. The largest absolute Gasteiger partial charge is 0.332 e. The molecule has 1 aliphatic rings. The van der Waals surface area contributed by atoms with E-state index >= 15 is 0 Å². The number of halogens is 1. The number of hydrogen-bond acceptors (Lipinski definition) is 3. The Bertz CT molecular complexity index is 978. The van der Waals surface area contributed by atoms with E-state index in [0.29, 0.717) is 19.5 Å². The molecule has 0 spiro atoms. The maximum absolute atomic E-state index is 13.3. The molecule has 6 heteroatoms. The smallest absolute Gasteiger partial charge is 0.222 e. The second-order valence-corrected chi connectivity index (χ2v) is 6.46. The van der Waals surface area contributed by atoms with Gasteiger partial charge in [0.25, 0.3) is 0 Å². The van der Waals surface area contributed by atoms with E-state index in [1.807, 2.05) is 31.1 Å². The average Bonchev–Trinajstić information content (AvgIpc) is 3.25. The van der Waals surface area contributed by atoms with Crippen LogP contribution in [0.3, 0.4) is 0 Å². The van der Waals surface area contributed by atoms with Crippen molar-refractivity contribution in [2.75, 3.05) is 0 Å². The molecule has 1 aromatic carbocycles. The zero-order valence-electron chi connectivity index (χ0n) is 14.7. The molecule has 0 aliphatic carbocycles. The topological polar surface area (TPSA) is 51.0 Å². The van der Waals surface area contributed by atoms with Gasteiger partial charge < -0.3 is 4.90 Å². The Labute approximate surface area is 151 Å². The number of hydrogen-bond donors (Lipinski definition) is 0. The first-order valence-corrected chi connectivity index (χ1v) is 8.61. The minimum atomic E-state index is -0.273. The predicted molar refractivity (Wildman–Crippen MR) is 96.4 cm³/mol. The molecule has 1 amide bonds. The van der Waals surface area contributed by atoms with Gasteiger partial charge in [-0.2, -0.15) is 5.10 Å². The Kier molecular flexibility index (Phi) is 4.03. The highest BCUT2D eigenvalue weighted by Gasteiger charge is 2.27. The lowest BCUT2D eigenvalue weighted by Gasteiger charge is -2.13. The number of pyridine rings is 1. The third-order valence-corrected chi connectivity index (χ3v) is 4.73. The van der Waals surface area contributed by atoms with Crippen molar-refractivity contribution in [3.8, 4) is 22.4 Å². The van der Waals surface area contributed by atoms with Crippen LogP contribution in [0.15, 0.2) is 42.7 Å². The number of carbonyl (C=O) groups excluding carboxylic acids is 1. The summed E-state index contributed by atoms with van der Waals surface area (Å²) in [5.41, 5.74) is 5.62. The SMILES string of the molecule is CCC(=O)N1Cc2nccc(-c3cn(C)nc3-c3ccc(F)cc3)c2C1. The quantitative estimate of drug-likeness (QED) is 0.726. The molecular weight excluding hydrogens is 331 g/mol. The summed E-state index contributed by atoms with van der Waals surface area (Å²) >= 11 is 0. The monoisotopic (exact) mass is 350 g/mol. The first-order chi connectivity index (χ1) is 12.6. The molecule has 0 N–H and O–H groups in total. The van der Waals surface area contributed by atoms with Crippen molar-refractivity contribution in [3.05, 3.63) is 59.8 Å². The molecule has 0 unspecified atom stereocenters. The van der Waals surface area contributed by atoms with Crippen LogP contribution in [0.1, 0.15) is 24.6 Å². The Morgan fingerprint density at radius 1 is 1.15 bits per heavy atom. The molecule has 26 heavy (non-hydrogen) atoms. The Balaban J connectivity index is 1.81. The third-order valence-electron chi connectivity index (χ3n) is 4.73. The number of aromatic nitrogens is 3. The van der Waals surface area contributed by atoms with Gasteiger partial charge >= 0.3 is 0 Å². The third kappa shape index (κ3) is 2.77. The van der Waals surface area contributed by atoms with Crippen molar-refractivity contribution >= 4 is 5.91 Å². The number of carbonyl (C=O) groups is 1. The van der Waals surface area contributed by atoms with E-state index in [1.165, 1.54) is 12.1 Å². The van der Waals surface area contributed by atoms with Crippen LogP contribution >= 0.6 is 0 Å². The zero-order valence-corrected chi connectivity index (χ0v) is 14.7. The summed E-state index contributed by atoms with van der Waals surface area (Å²) in [5, 5.41) is 4.58. The van der Waals surface area contributed by atoms with Crippen LogP contribution in [0.5, 0.6) is 0 Å². The molecule has 1 aliphatic heterocycles. The molecule has 2 aromatic heterocycles. The van der Waals surface area contributed by atoms with Gasteiger partial charge in [0.1, 0.15) is 11.5 Å². The van der Waals surface area contributed by atoms with Crippen LogP contribution in [-0.2, 0) is 24.9 Å². The summed E-state index contributed by atoms with van der Waals surface area (Å²) in [6.45, 7) is 2.97. The van der Waals surface area contributed by atoms with E-state index in [2.05, 4.69) is 10.1 Å². The van der Waals surface area contributed by atoms with Gasteiger partial charge in [-0.15, -0.1) is 0 Å². The van der Waals surface area contributed by atoms with Crippen LogP contribution in [0.4, 0.5) is 4.39 Å². The minimum Gasteiger partial charge on any atom is -0.332 e. The second-order valence-electron chi connectivity index (χ2n) is 6.46. The van der Waals surface area contributed by atoms with E-state index in [0.717, 1.165) is 33.6 Å². The van der Waals surface area contributed by atoms with Crippen molar-refractivity contribution in [1.82, 2.24) is 19.7 Å². The van der Waals surface area contributed by atoms with Crippen LogP contribution in [-0.4, -0.2) is 25.6 Å². The van der Waals surface area contributed by atoms with Gasteiger partial charge in [0.05, 0.1) is 12.2 Å². The van der Waals surface area contributed by atoms with Crippen molar-refractivity contribution in [2.24, 2.45) is 7.05 Å². The molecular formula is C20H19FN4O. The standard InChI is InChI=1S/C20H19FN4O/c1-3-19(26)25-11-16-15(8-9-22-18(16)12-25)17-10-24(2)23-20(17)13-4-6-14(21)7-5-13/h4-10H,3,11-12H2,1-2H3. The molecule has 3 heterocycles. The van der Waals surface area contributed by atoms with Gasteiger partial charge in [-0.05, 0) is 35.9 Å². The second kappa shape index (κ2) is 6.37. The molecule has 132 valence electrons. The fourth-order valence-electron chi connectivity index (χ4n) is 3.43. The normalized spacial score (nSPS) is 13.1. The van der Waals surface area contributed by atoms with Gasteiger partial charge in [-0.25, -0.2) is 4.39 Å². The Morgan fingerprint density at radius 3 is 2.65 bits per heavy atom. The van der Waals surface area contributed by atoms with Crippen molar-refractivity contribution in [1.29, 1.82) is 0 Å².